The van der Waals surface area contributed by atoms with Gasteiger partial charge in [0, 0.05) is 0 Å². The predicted molar refractivity (Wildman–Crippen MR) is 51.0 cm³/mol. The summed E-state index contributed by atoms with van der Waals surface area (Å²) < 4.78 is 120. The van der Waals surface area contributed by atoms with Crippen molar-refractivity contribution in [3.8, 4) is 0 Å². The first kappa shape index (κ1) is 21.1. The quantitative estimate of drug-likeness (QED) is 0.408. The Kier molecular flexibility index (Phi) is 7.17. The van der Waals surface area contributed by atoms with E-state index in [0.717, 1.165) is 0 Å². The lowest BCUT2D eigenvalue weighted by molar-refractivity contribution is -0.0585. The van der Waals surface area contributed by atoms with E-state index in [1.807, 2.05) is 3.63 Å². The fourth-order valence-corrected chi connectivity index (χ4v) is 1.76. The van der Waals surface area contributed by atoms with E-state index in [4.69, 9.17) is 0 Å². The number of hydrogen-bond acceptors (Lipinski definition) is 6. The molecule has 19 heavy (non-hydrogen) atoms. The SMILES string of the molecule is C[S+](C)[O-].O=S(=O)(OS(=O)(=O)C(F)(F)F)C(F)(F)F. The Bertz CT molecular complexity index is 427. The van der Waals surface area contributed by atoms with Crippen LogP contribution in [0.15, 0.2) is 0 Å². The van der Waals surface area contributed by atoms with Crippen LogP contribution < -0.4 is 0 Å². The molecule has 0 fully saturated rings. The summed E-state index contributed by atoms with van der Waals surface area (Å²) in [7, 11) is -13.7. The van der Waals surface area contributed by atoms with Gasteiger partial charge in [-0.1, -0.05) is 11.2 Å². The molecule has 0 atom stereocenters. The molecule has 0 N–H and O–H groups in total. The van der Waals surface area contributed by atoms with Gasteiger partial charge in [-0.3, -0.25) is 0 Å². The third kappa shape index (κ3) is 7.81. The van der Waals surface area contributed by atoms with Crippen LogP contribution >= 0.6 is 0 Å². The van der Waals surface area contributed by atoms with E-state index in [2.05, 4.69) is 0 Å². The van der Waals surface area contributed by atoms with E-state index in [1.54, 1.807) is 12.5 Å². The largest absolute Gasteiger partial charge is 0.617 e. The zero-order valence-electron chi connectivity index (χ0n) is 8.94. The monoisotopic (exact) mass is 360 g/mol. The maximum atomic E-state index is 11.4. The van der Waals surface area contributed by atoms with Gasteiger partial charge in [-0.25, -0.2) is 0 Å². The van der Waals surface area contributed by atoms with Gasteiger partial charge < -0.3 is 4.55 Å². The highest BCUT2D eigenvalue weighted by Crippen LogP contribution is 2.31. The van der Waals surface area contributed by atoms with Gasteiger partial charge in [0.25, 0.3) is 0 Å². The maximum Gasteiger partial charge on any atom is 0.524 e. The van der Waals surface area contributed by atoms with Gasteiger partial charge in [-0.15, -0.1) is 3.63 Å². The molecule has 118 valence electrons. The summed E-state index contributed by atoms with van der Waals surface area (Å²) in [4.78, 5) is 0. The van der Waals surface area contributed by atoms with Crippen LogP contribution in [0.5, 0.6) is 0 Å². The van der Waals surface area contributed by atoms with Crippen LogP contribution in [0, 0.1) is 0 Å². The molecule has 0 aromatic heterocycles. The summed E-state index contributed by atoms with van der Waals surface area (Å²) in [5.41, 5.74) is -12.5. The second-order valence-electron chi connectivity index (χ2n) is 2.61. The van der Waals surface area contributed by atoms with Crippen molar-refractivity contribution >= 4 is 31.4 Å². The first-order chi connectivity index (χ1) is 7.94. The lowest BCUT2D eigenvalue weighted by Gasteiger charge is -2.09. The highest BCUT2D eigenvalue weighted by atomic mass is 32.3. The van der Waals surface area contributed by atoms with E-state index in [0.29, 0.717) is 0 Å². The zero-order chi connectivity index (χ0) is 16.3. The third-order valence-electron chi connectivity index (χ3n) is 0.746. The molecule has 0 aromatic carbocycles. The highest BCUT2D eigenvalue weighted by Gasteiger charge is 2.57. The first-order valence-electron chi connectivity index (χ1n) is 3.53. The first-order valence-corrected chi connectivity index (χ1v) is 8.31. The summed E-state index contributed by atoms with van der Waals surface area (Å²) in [6, 6.07) is 0. The normalized spacial score (nSPS) is 14.0. The molecular formula is C4H6F6O6S3. The molecule has 15 heteroatoms. The van der Waals surface area contributed by atoms with Gasteiger partial charge in [-0.05, 0) is 0 Å². The number of halogens is 6. The van der Waals surface area contributed by atoms with Crippen molar-refractivity contribution in [3.63, 3.8) is 0 Å². The van der Waals surface area contributed by atoms with Gasteiger partial charge in [0.2, 0.25) is 0 Å². The molecule has 0 unspecified atom stereocenters. The van der Waals surface area contributed by atoms with Crippen LogP contribution in [0.1, 0.15) is 0 Å². The standard InChI is InChI=1S/C2F6O5S2.C2H6OS/c3-1(4,5)14(9,10)13-15(11,12)2(6,7)8;1-4(2)3/h;1-2H3. The highest BCUT2D eigenvalue weighted by molar-refractivity contribution is 8.00. The van der Waals surface area contributed by atoms with Gasteiger partial charge in [0.05, 0.1) is 12.5 Å². The lowest BCUT2D eigenvalue weighted by atomic mass is 11.6. The van der Waals surface area contributed by atoms with Crippen molar-refractivity contribution in [3.05, 3.63) is 0 Å². The van der Waals surface area contributed by atoms with E-state index < -0.39 is 42.4 Å². The molecular weight excluding hydrogens is 354 g/mol. The van der Waals surface area contributed by atoms with Crippen molar-refractivity contribution in [1.29, 1.82) is 0 Å². The lowest BCUT2D eigenvalue weighted by Crippen LogP contribution is -2.34. The fraction of sp³-hybridized carbons (Fsp3) is 1.00. The smallest absolute Gasteiger partial charge is 0.524 e. The van der Waals surface area contributed by atoms with Gasteiger partial charge >= 0.3 is 31.3 Å². The Morgan fingerprint density at radius 2 is 1.00 bits per heavy atom. The number of rotatable bonds is 2. The Labute approximate surface area is 107 Å². The van der Waals surface area contributed by atoms with Crippen LogP contribution in [0.4, 0.5) is 26.3 Å². The molecule has 0 aromatic rings. The summed E-state index contributed by atoms with van der Waals surface area (Å²) >= 11 is -0.611. The van der Waals surface area contributed by atoms with Crippen molar-refractivity contribution in [1.82, 2.24) is 0 Å². The molecule has 0 heterocycles. The summed E-state index contributed by atoms with van der Waals surface area (Å²) in [5.74, 6) is 0. The maximum absolute atomic E-state index is 11.4. The van der Waals surface area contributed by atoms with E-state index in [-0.39, 0.29) is 0 Å². The minimum Gasteiger partial charge on any atom is -0.617 e. The van der Waals surface area contributed by atoms with Crippen LogP contribution in [0.25, 0.3) is 0 Å². The predicted octanol–water partition coefficient (Wildman–Crippen LogP) is 0.697. The molecule has 6 nitrogen and oxygen atoms in total. The number of hydrogen-bond donors (Lipinski definition) is 0. The van der Waals surface area contributed by atoms with Crippen molar-refractivity contribution in [2.24, 2.45) is 0 Å². The molecule has 0 aliphatic carbocycles. The van der Waals surface area contributed by atoms with Crippen molar-refractivity contribution < 1.29 is 51.4 Å². The zero-order valence-corrected chi connectivity index (χ0v) is 11.4. The second-order valence-corrected chi connectivity index (χ2v) is 7.38. The second kappa shape index (κ2) is 6.47. The van der Waals surface area contributed by atoms with E-state index in [9.17, 15) is 47.7 Å². The van der Waals surface area contributed by atoms with Crippen molar-refractivity contribution in [2.75, 3.05) is 12.5 Å². The molecule has 0 radical (unpaired) electrons. The topological polar surface area (TPSA) is 101 Å². The summed E-state index contributed by atoms with van der Waals surface area (Å²) in [6.45, 7) is 0. The molecule has 0 rings (SSSR count). The average molecular weight is 360 g/mol. The van der Waals surface area contributed by atoms with Gasteiger partial charge in [-0.2, -0.15) is 43.2 Å². The Hall–Kier alpha value is -0.250. The van der Waals surface area contributed by atoms with Crippen LogP contribution in [-0.4, -0.2) is 44.9 Å². The van der Waals surface area contributed by atoms with Gasteiger partial charge in [0.1, 0.15) is 0 Å². The van der Waals surface area contributed by atoms with Crippen LogP contribution in [-0.2, 0) is 35.0 Å². The minimum absolute atomic E-state index is 0.611. The molecule has 0 saturated heterocycles. The fourth-order valence-electron chi connectivity index (χ4n) is 0.195. The molecule has 0 bridgehead atoms. The Balaban J connectivity index is 0. The van der Waals surface area contributed by atoms with Crippen LogP contribution in [0.2, 0.25) is 0 Å². The molecule has 0 saturated carbocycles. The molecule has 0 spiro atoms. The minimum atomic E-state index is -6.85. The third-order valence-corrected chi connectivity index (χ3v) is 3.31. The van der Waals surface area contributed by atoms with E-state index >= 15 is 0 Å². The Morgan fingerprint density at radius 1 is 0.842 bits per heavy atom. The average Bonchev–Trinajstić information content (AvgIpc) is 1.94. The van der Waals surface area contributed by atoms with Crippen LogP contribution in [0.3, 0.4) is 0 Å². The summed E-state index contributed by atoms with van der Waals surface area (Å²) in [5, 5.41) is 0. The Morgan fingerprint density at radius 3 is 1.11 bits per heavy atom. The molecule has 0 amide bonds. The van der Waals surface area contributed by atoms with Gasteiger partial charge in [0.15, 0.2) is 0 Å². The number of alkyl halides is 6. The summed E-state index contributed by atoms with van der Waals surface area (Å²) in [6.07, 6.45) is 3.28. The van der Waals surface area contributed by atoms with E-state index in [1.165, 1.54) is 0 Å². The van der Waals surface area contributed by atoms with Crippen molar-refractivity contribution in [2.45, 2.75) is 11.0 Å². The molecule has 0 aliphatic rings. The molecule has 0 aliphatic heterocycles.